The van der Waals surface area contributed by atoms with Gasteiger partial charge in [-0.15, -0.1) is 0 Å². The Hall–Kier alpha value is -1.40. The van der Waals surface area contributed by atoms with E-state index < -0.39 is 11.0 Å². The first-order valence-electron chi connectivity index (χ1n) is 6.25. The van der Waals surface area contributed by atoms with E-state index in [2.05, 4.69) is 0 Å². The summed E-state index contributed by atoms with van der Waals surface area (Å²) in [4.78, 5) is 10.8. The topological polar surface area (TPSA) is 69.6 Å². The first-order valence-corrected chi connectivity index (χ1v) is 7.53. The Morgan fingerprint density at radius 1 is 1.26 bits per heavy atom. The molecule has 1 atom stereocenters. The second-order valence-electron chi connectivity index (χ2n) is 4.20. The smallest absolute Gasteiger partial charge is 0.243 e. The highest BCUT2D eigenvalue weighted by atomic mass is 32.2. The Morgan fingerprint density at radius 2 is 1.95 bits per heavy atom. The maximum atomic E-state index is 12.0. The van der Waals surface area contributed by atoms with Crippen LogP contribution in [0, 0.1) is 0 Å². The molecule has 0 aliphatic heterocycles. The van der Waals surface area contributed by atoms with Gasteiger partial charge >= 0.3 is 0 Å². The predicted molar refractivity (Wildman–Crippen MR) is 76.3 cm³/mol. The molecule has 1 aromatic rings. The van der Waals surface area contributed by atoms with E-state index >= 15 is 0 Å². The highest BCUT2D eigenvalue weighted by Crippen LogP contribution is 2.14. The lowest BCUT2D eigenvalue weighted by Crippen LogP contribution is -2.22. The van der Waals surface area contributed by atoms with E-state index in [0.717, 1.165) is 18.5 Å². The van der Waals surface area contributed by atoms with Gasteiger partial charge in [-0.05, 0) is 25.0 Å². The van der Waals surface area contributed by atoms with Crippen molar-refractivity contribution in [3.8, 4) is 0 Å². The third kappa shape index (κ3) is 5.85. The van der Waals surface area contributed by atoms with Crippen LogP contribution >= 0.6 is 0 Å². The zero-order valence-electron chi connectivity index (χ0n) is 11.0. The number of hydrogen-bond donors (Lipinski definition) is 2. The predicted octanol–water partition coefficient (Wildman–Crippen LogP) is 1.85. The van der Waals surface area contributed by atoms with E-state index in [9.17, 15) is 9.00 Å². The number of nitrogens with one attached hydrogen (secondary N) is 1. The summed E-state index contributed by atoms with van der Waals surface area (Å²) in [6.45, 7) is 0. The third-order valence-electron chi connectivity index (χ3n) is 2.77. The maximum absolute atomic E-state index is 12.0. The molecule has 0 fully saturated rings. The van der Waals surface area contributed by atoms with Crippen molar-refractivity contribution in [1.82, 2.24) is 5.48 Å². The quantitative estimate of drug-likeness (QED) is 0.435. The molecule has 2 N–H and O–H groups in total. The highest BCUT2D eigenvalue weighted by Gasteiger charge is 2.08. The Morgan fingerprint density at radius 3 is 2.58 bits per heavy atom. The monoisotopic (exact) mass is 284 g/mol. The zero-order valence-corrected chi connectivity index (χ0v) is 11.9. The number of carbonyl (C=O) groups excluding carboxylic acids is 1. The van der Waals surface area contributed by atoms with E-state index in [1.807, 2.05) is 37.4 Å². The molecular formula is C13H20N2O3S. The lowest BCUT2D eigenvalue weighted by molar-refractivity contribution is -0.129. The summed E-state index contributed by atoms with van der Waals surface area (Å²) >= 11 is 0. The van der Waals surface area contributed by atoms with E-state index in [1.165, 1.54) is 0 Å². The first kappa shape index (κ1) is 15.7. The van der Waals surface area contributed by atoms with Crippen LogP contribution in [0.2, 0.25) is 0 Å². The van der Waals surface area contributed by atoms with Gasteiger partial charge in [0.1, 0.15) is 11.0 Å². The van der Waals surface area contributed by atoms with Crippen LogP contribution in [0.3, 0.4) is 0 Å². The van der Waals surface area contributed by atoms with Gasteiger partial charge < -0.3 is 0 Å². The Bertz CT molecular complexity index is 412. The standard InChI is InChI=1S/C13H20N2O3S/c1-15(12-8-4-2-5-9-12)19(18)11-7-3-6-10-13(16)14-17/h2,4-5,8-9,17H,3,6-7,10-11H2,1H3,(H,14,16). The SMILES string of the molecule is CN(c1ccccc1)S(=O)CCCCCC(=O)NO. The molecule has 19 heavy (non-hydrogen) atoms. The summed E-state index contributed by atoms with van der Waals surface area (Å²) < 4.78 is 13.8. The molecule has 0 saturated carbocycles. The average Bonchev–Trinajstić information content (AvgIpc) is 2.46. The van der Waals surface area contributed by atoms with Crippen molar-refractivity contribution < 1.29 is 14.2 Å². The molecule has 5 nitrogen and oxygen atoms in total. The van der Waals surface area contributed by atoms with E-state index in [4.69, 9.17) is 5.21 Å². The van der Waals surface area contributed by atoms with Gasteiger partial charge in [0.25, 0.3) is 0 Å². The van der Waals surface area contributed by atoms with Crippen molar-refractivity contribution >= 4 is 22.6 Å². The van der Waals surface area contributed by atoms with Crippen molar-refractivity contribution in [3.63, 3.8) is 0 Å². The fourth-order valence-electron chi connectivity index (χ4n) is 1.64. The minimum atomic E-state index is -1.05. The van der Waals surface area contributed by atoms with Gasteiger partial charge in [0, 0.05) is 24.9 Å². The third-order valence-corrected chi connectivity index (χ3v) is 4.23. The average molecular weight is 284 g/mol. The minimum absolute atomic E-state index is 0.303. The molecule has 0 aliphatic rings. The summed E-state index contributed by atoms with van der Waals surface area (Å²) in [6.07, 6.45) is 2.61. The number of amides is 1. The molecule has 0 bridgehead atoms. The number of anilines is 1. The van der Waals surface area contributed by atoms with Crippen LogP contribution in [-0.4, -0.2) is 28.1 Å². The molecule has 0 saturated heterocycles. The molecule has 0 radical (unpaired) electrons. The van der Waals surface area contributed by atoms with Gasteiger partial charge in [0.2, 0.25) is 5.91 Å². The molecule has 1 rings (SSSR count). The molecule has 1 aromatic carbocycles. The molecule has 0 aromatic heterocycles. The second kappa shape index (κ2) is 8.66. The lowest BCUT2D eigenvalue weighted by atomic mass is 10.2. The van der Waals surface area contributed by atoms with Crippen LogP contribution < -0.4 is 9.79 Å². The summed E-state index contributed by atoms with van der Waals surface area (Å²) in [6, 6.07) is 9.59. The van der Waals surface area contributed by atoms with Crippen LogP contribution in [0.5, 0.6) is 0 Å². The van der Waals surface area contributed by atoms with Gasteiger partial charge in [-0.25, -0.2) is 9.69 Å². The van der Waals surface area contributed by atoms with Crippen LogP contribution in [0.1, 0.15) is 25.7 Å². The van der Waals surface area contributed by atoms with Gasteiger partial charge in [0.05, 0.1) is 0 Å². The Labute approximate surface area is 116 Å². The van der Waals surface area contributed by atoms with Gasteiger partial charge in [-0.2, -0.15) is 0 Å². The lowest BCUT2D eigenvalue weighted by Gasteiger charge is -2.17. The number of hydrogen-bond acceptors (Lipinski definition) is 3. The van der Waals surface area contributed by atoms with Crippen molar-refractivity contribution in [2.45, 2.75) is 25.7 Å². The Balaban J connectivity index is 2.23. The molecule has 0 aliphatic carbocycles. The zero-order chi connectivity index (χ0) is 14.1. The number of nitrogens with zero attached hydrogens (tertiary/aromatic N) is 1. The van der Waals surface area contributed by atoms with Gasteiger partial charge in [-0.1, -0.05) is 24.6 Å². The normalized spacial score (nSPS) is 11.9. The number of hydroxylamine groups is 1. The Kier molecular flexibility index (Phi) is 7.14. The largest absolute Gasteiger partial charge is 0.295 e. The number of carbonyl (C=O) groups is 1. The molecular weight excluding hydrogens is 264 g/mol. The van der Waals surface area contributed by atoms with Crippen LogP contribution in [0.25, 0.3) is 0 Å². The van der Waals surface area contributed by atoms with Crippen LogP contribution in [-0.2, 0) is 15.8 Å². The summed E-state index contributed by atoms with van der Waals surface area (Å²) in [5.41, 5.74) is 2.53. The molecule has 0 spiro atoms. The summed E-state index contributed by atoms with van der Waals surface area (Å²) in [7, 11) is 0.762. The number of unbranched alkanes of at least 4 members (excludes halogenated alkanes) is 2. The summed E-state index contributed by atoms with van der Waals surface area (Å²) in [5, 5.41) is 8.32. The fourth-order valence-corrected chi connectivity index (χ4v) is 2.72. The van der Waals surface area contributed by atoms with Crippen molar-refractivity contribution in [1.29, 1.82) is 0 Å². The highest BCUT2D eigenvalue weighted by molar-refractivity contribution is 7.86. The van der Waals surface area contributed by atoms with Crippen LogP contribution in [0.15, 0.2) is 30.3 Å². The molecule has 6 heteroatoms. The second-order valence-corrected chi connectivity index (χ2v) is 5.80. The number of benzene rings is 1. The van der Waals surface area contributed by atoms with E-state index in [1.54, 1.807) is 9.79 Å². The molecule has 1 amide bonds. The first-order chi connectivity index (χ1) is 9.15. The minimum Gasteiger partial charge on any atom is -0.295 e. The number of rotatable bonds is 8. The van der Waals surface area contributed by atoms with E-state index in [0.29, 0.717) is 18.6 Å². The van der Waals surface area contributed by atoms with Crippen molar-refractivity contribution in [2.75, 3.05) is 17.1 Å². The summed E-state index contributed by atoms with van der Waals surface area (Å²) in [5.74, 6) is 0.203. The van der Waals surface area contributed by atoms with Gasteiger partial charge in [-0.3, -0.25) is 14.3 Å². The molecule has 1 unspecified atom stereocenters. The van der Waals surface area contributed by atoms with Crippen molar-refractivity contribution in [3.05, 3.63) is 30.3 Å². The molecule has 106 valence electrons. The number of para-hydroxylation sites is 1. The molecule has 0 heterocycles. The maximum Gasteiger partial charge on any atom is 0.243 e. The fraction of sp³-hybridized carbons (Fsp3) is 0.462. The van der Waals surface area contributed by atoms with Gasteiger partial charge in [0.15, 0.2) is 0 Å². The van der Waals surface area contributed by atoms with Crippen LogP contribution in [0.4, 0.5) is 5.69 Å². The van der Waals surface area contributed by atoms with Crippen molar-refractivity contribution in [2.24, 2.45) is 0 Å². The van der Waals surface area contributed by atoms with E-state index in [-0.39, 0.29) is 5.91 Å².